The molecule has 62 valence electrons. The molecule has 0 saturated carbocycles. The average Bonchev–Trinajstić information content (AvgIpc) is 2.03. The van der Waals surface area contributed by atoms with Gasteiger partial charge in [0, 0.05) is 12.8 Å². The molecule has 0 aromatic rings. The van der Waals surface area contributed by atoms with Gasteiger partial charge in [-0.05, 0) is 19.4 Å². The fourth-order valence-electron chi connectivity index (χ4n) is 0.610. The highest BCUT2D eigenvalue weighted by Crippen LogP contribution is 1.85. The second-order valence-electron chi connectivity index (χ2n) is 2.32. The van der Waals surface area contributed by atoms with Crippen LogP contribution in [0.25, 0.3) is 0 Å². The highest BCUT2D eigenvalue weighted by Gasteiger charge is 1.74. The van der Waals surface area contributed by atoms with E-state index in [0.29, 0.717) is 0 Å². The molecule has 0 bridgehead atoms. The van der Waals surface area contributed by atoms with Crippen LogP contribution >= 0.6 is 0 Å². The Hall–Kier alpha value is -0.850. The molecule has 0 aromatic heterocycles. The Morgan fingerprint density at radius 2 is 2.00 bits per heavy atom. The molecular weight excluding hydrogens is 134 g/mol. The van der Waals surface area contributed by atoms with Gasteiger partial charge in [0.05, 0.1) is 0 Å². The fourth-order valence-corrected chi connectivity index (χ4v) is 0.610. The SMILES string of the molecule is C\C=C/C=C\C=N\CCCC. The van der Waals surface area contributed by atoms with Crippen molar-refractivity contribution in [3.8, 4) is 0 Å². The van der Waals surface area contributed by atoms with Crippen molar-refractivity contribution < 1.29 is 0 Å². The maximum atomic E-state index is 4.19. The summed E-state index contributed by atoms with van der Waals surface area (Å²) in [5, 5.41) is 0. The van der Waals surface area contributed by atoms with E-state index < -0.39 is 0 Å². The van der Waals surface area contributed by atoms with Crippen molar-refractivity contribution in [3.05, 3.63) is 24.3 Å². The van der Waals surface area contributed by atoms with Crippen LogP contribution in [0.5, 0.6) is 0 Å². The van der Waals surface area contributed by atoms with Crippen LogP contribution in [-0.4, -0.2) is 12.8 Å². The van der Waals surface area contributed by atoms with E-state index in [1.54, 1.807) is 0 Å². The molecule has 0 heterocycles. The van der Waals surface area contributed by atoms with Crippen LogP contribution < -0.4 is 0 Å². The number of nitrogens with zero attached hydrogens (tertiary/aromatic N) is 1. The number of rotatable bonds is 5. The maximum Gasteiger partial charge on any atom is 0.0389 e. The van der Waals surface area contributed by atoms with E-state index in [2.05, 4.69) is 11.9 Å². The van der Waals surface area contributed by atoms with Crippen LogP contribution in [0.1, 0.15) is 26.7 Å². The molecule has 0 unspecified atom stereocenters. The minimum Gasteiger partial charge on any atom is -0.293 e. The van der Waals surface area contributed by atoms with Crippen molar-refractivity contribution in [3.63, 3.8) is 0 Å². The number of aliphatic imine (C=N–C) groups is 1. The molecule has 0 atom stereocenters. The van der Waals surface area contributed by atoms with Gasteiger partial charge >= 0.3 is 0 Å². The van der Waals surface area contributed by atoms with Crippen molar-refractivity contribution in [2.24, 2.45) is 4.99 Å². The van der Waals surface area contributed by atoms with Gasteiger partial charge in [-0.15, -0.1) is 0 Å². The van der Waals surface area contributed by atoms with Gasteiger partial charge < -0.3 is 0 Å². The molecule has 0 spiro atoms. The Morgan fingerprint density at radius 3 is 2.64 bits per heavy atom. The van der Waals surface area contributed by atoms with Crippen molar-refractivity contribution in [2.45, 2.75) is 26.7 Å². The van der Waals surface area contributed by atoms with Crippen LogP contribution in [0.4, 0.5) is 0 Å². The molecule has 0 fully saturated rings. The quantitative estimate of drug-likeness (QED) is 0.325. The minimum atomic E-state index is 0.955. The fraction of sp³-hybridized carbons (Fsp3) is 0.500. The molecule has 0 rings (SSSR count). The highest BCUT2D eigenvalue weighted by atomic mass is 14.7. The van der Waals surface area contributed by atoms with E-state index in [0.717, 1.165) is 6.54 Å². The lowest BCUT2D eigenvalue weighted by Crippen LogP contribution is -1.77. The molecule has 0 aromatic carbocycles. The summed E-state index contributed by atoms with van der Waals surface area (Å²) in [5.74, 6) is 0. The van der Waals surface area contributed by atoms with Gasteiger partial charge in [0.25, 0.3) is 0 Å². The Morgan fingerprint density at radius 1 is 1.18 bits per heavy atom. The van der Waals surface area contributed by atoms with Gasteiger partial charge in [0.1, 0.15) is 0 Å². The predicted molar refractivity (Wildman–Crippen MR) is 52.2 cm³/mol. The van der Waals surface area contributed by atoms with Crippen LogP contribution in [0, 0.1) is 0 Å². The summed E-state index contributed by atoms with van der Waals surface area (Å²) in [6.07, 6.45) is 12.2. The molecule has 0 radical (unpaired) electrons. The summed E-state index contributed by atoms with van der Waals surface area (Å²) in [5.41, 5.74) is 0. The summed E-state index contributed by atoms with van der Waals surface area (Å²) >= 11 is 0. The lowest BCUT2D eigenvalue weighted by atomic mass is 10.3. The highest BCUT2D eigenvalue weighted by molar-refractivity contribution is 5.71. The van der Waals surface area contributed by atoms with Crippen LogP contribution in [0.3, 0.4) is 0 Å². The lowest BCUT2D eigenvalue weighted by molar-refractivity contribution is 0.810. The van der Waals surface area contributed by atoms with Gasteiger partial charge in [-0.25, -0.2) is 0 Å². The molecule has 0 aliphatic rings. The zero-order valence-electron chi connectivity index (χ0n) is 7.46. The summed E-state index contributed by atoms with van der Waals surface area (Å²) in [6.45, 7) is 5.13. The van der Waals surface area contributed by atoms with Crippen molar-refractivity contribution >= 4 is 6.21 Å². The Labute approximate surface area is 69.5 Å². The molecule has 0 aliphatic heterocycles. The third kappa shape index (κ3) is 9.15. The normalized spacial score (nSPS) is 12.5. The first-order valence-corrected chi connectivity index (χ1v) is 4.19. The molecule has 1 heteroatoms. The Bertz CT molecular complexity index is 143. The molecule has 0 N–H and O–H groups in total. The van der Waals surface area contributed by atoms with E-state index in [-0.39, 0.29) is 0 Å². The molecule has 0 saturated heterocycles. The number of hydrogen-bond donors (Lipinski definition) is 0. The van der Waals surface area contributed by atoms with Gasteiger partial charge in [-0.2, -0.15) is 0 Å². The molecule has 0 aliphatic carbocycles. The van der Waals surface area contributed by atoms with Crippen molar-refractivity contribution in [2.75, 3.05) is 6.54 Å². The third-order valence-electron chi connectivity index (χ3n) is 1.25. The van der Waals surface area contributed by atoms with E-state index >= 15 is 0 Å². The number of unbranched alkanes of at least 4 members (excludes halogenated alkanes) is 1. The standard InChI is InChI=1S/C10H17N/c1-3-5-7-8-10-11-9-6-4-2/h3,5,7-8,10H,4,6,9H2,1-2H3/b5-3-,8-7-,11-10+. The summed E-state index contributed by atoms with van der Waals surface area (Å²) in [7, 11) is 0. The predicted octanol–water partition coefficient (Wildman–Crippen LogP) is 2.99. The zero-order valence-corrected chi connectivity index (χ0v) is 7.46. The van der Waals surface area contributed by atoms with Gasteiger partial charge in [-0.3, -0.25) is 4.99 Å². The van der Waals surface area contributed by atoms with Crippen LogP contribution in [0.2, 0.25) is 0 Å². The average molecular weight is 151 g/mol. The van der Waals surface area contributed by atoms with Crippen LogP contribution in [-0.2, 0) is 0 Å². The van der Waals surface area contributed by atoms with Gasteiger partial charge in [0.2, 0.25) is 0 Å². The second-order valence-corrected chi connectivity index (χ2v) is 2.32. The zero-order chi connectivity index (χ0) is 8.36. The van der Waals surface area contributed by atoms with E-state index in [1.165, 1.54) is 12.8 Å². The Kier molecular flexibility index (Phi) is 8.44. The number of allylic oxidation sites excluding steroid dienone is 4. The first-order valence-electron chi connectivity index (χ1n) is 4.19. The van der Waals surface area contributed by atoms with Crippen molar-refractivity contribution in [1.82, 2.24) is 0 Å². The van der Waals surface area contributed by atoms with E-state index in [1.807, 2.05) is 37.4 Å². The topological polar surface area (TPSA) is 12.4 Å². The summed E-state index contributed by atoms with van der Waals surface area (Å²) in [6, 6.07) is 0. The van der Waals surface area contributed by atoms with Crippen molar-refractivity contribution in [1.29, 1.82) is 0 Å². The monoisotopic (exact) mass is 151 g/mol. The largest absolute Gasteiger partial charge is 0.293 e. The van der Waals surface area contributed by atoms with Gasteiger partial charge in [0.15, 0.2) is 0 Å². The minimum absolute atomic E-state index is 0.955. The molecular formula is C10H17N. The van der Waals surface area contributed by atoms with E-state index in [9.17, 15) is 0 Å². The van der Waals surface area contributed by atoms with E-state index in [4.69, 9.17) is 0 Å². The molecule has 1 nitrogen and oxygen atoms in total. The van der Waals surface area contributed by atoms with Crippen LogP contribution in [0.15, 0.2) is 29.3 Å². The summed E-state index contributed by atoms with van der Waals surface area (Å²) in [4.78, 5) is 4.19. The first-order chi connectivity index (χ1) is 5.41. The maximum absolute atomic E-state index is 4.19. The second kappa shape index (κ2) is 9.15. The first kappa shape index (κ1) is 10.2. The number of hydrogen-bond acceptors (Lipinski definition) is 1. The molecule has 0 amide bonds. The smallest absolute Gasteiger partial charge is 0.0389 e. The van der Waals surface area contributed by atoms with Gasteiger partial charge in [-0.1, -0.05) is 31.6 Å². The Balaban J connectivity index is 3.28. The third-order valence-corrected chi connectivity index (χ3v) is 1.25. The summed E-state index contributed by atoms with van der Waals surface area (Å²) < 4.78 is 0. The molecule has 11 heavy (non-hydrogen) atoms. The lowest BCUT2D eigenvalue weighted by Gasteiger charge is -1.85.